The van der Waals surface area contributed by atoms with Gasteiger partial charge in [0.25, 0.3) is 0 Å². The molecule has 0 spiro atoms. The number of guanidine groups is 1. The number of hydrogen-bond donors (Lipinski definition) is 2. The standard InChI is InChI=1S/C16H18ClN3O.HI/c1-11-3-6-13(7-4-11)20-16(18)19-10-12-5-8-15(21-2)14(17)9-12;/h3-9H,10H2,1-2H3,(H3,18,19,20);1H. The first kappa shape index (κ1) is 18.6. The fourth-order valence-corrected chi connectivity index (χ4v) is 2.09. The molecule has 2 aromatic rings. The zero-order valence-corrected chi connectivity index (χ0v) is 15.6. The minimum absolute atomic E-state index is 0. The number of hydrogen-bond acceptors (Lipinski definition) is 2. The molecule has 118 valence electrons. The highest BCUT2D eigenvalue weighted by atomic mass is 127. The van der Waals surface area contributed by atoms with Crippen LogP contribution in [0.1, 0.15) is 11.1 Å². The van der Waals surface area contributed by atoms with Crippen molar-refractivity contribution in [2.45, 2.75) is 13.5 Å². The van der Waals surface area contributed by atoms with E-state index < -0.39 is 0 Å². The van der Waals surface area contributed by atoms with Crippen LogP contribution in [0.25, 0.3) is 0 Å². The first-order valence-electron chi connectivity index (χ1n) is 6.54. The van der Waals surface area contributed by atoms with E-state index in [2.05, 4.69) is 10.3 Å². The lowest BCUT2D eigenvalue weighted by molar-refractivity contribution is 0.415. The molecule has 0 amide bonds. The lowest BCUT2D eigenvalue weighted by atomic mass is 10.2. The summed E-state index contributed by atoms with van der Waals surface area (Å²) in [5.74, 6) is 1.01. The van der Waals surface area contributed by atoms with Gasteiger partial charge >= 0.3 is 0 Å². The van der Waals surface area contributed by atoms with Crippen LogP contribution in [0.4, 0.5) is 5.69 Å². The van der Waals surface area contributed by atoms with Gasteiger partial charge in [0, 0.05) is 5.69 Å². The summed E-state index contributed by atoms with van der Waals surface area (Å²) < 4.78 is 5.11. The minimum atomic E-state index is 0. The van der Waals surface area contributed by atoms with Gasteiger partial charge < -0.3 is 15.8 Å². The Morgan fingerprint density at radius 3 is 2.50 bits per heavy atom. The van der Waals surface area contributed by atoms with Gasteiger partial charge in [0.15, 0.2) is 5.96 Å². The summed E-state index contributed by atoms with van der Waals surface area (Å²) in [4.78, 5) is 4.29. The van der Waals surface area contributed by atoms with Crippen molar-refractivity contribution in [2.24, 2.45) is 10.7 Å². The third-order valence-electron chi connectivity index (χ3n) is 2.97. The van der Waals surface area contributed by atoms with Crippen molar-refractivity contribution in [3.8, 4) is 5.75 Å². The van der Waals surface area contributed by atoms with E-state index in [1.165, 1.54) is 5.56 Å². The van der Waals surface area contributed by atoms with Gasteiger partial charge in [-0.3, -0.25) is 0 Å². The van der Waals surface area contributed by atoms with Gasteiger partial charge in [0.1, 0.15) is 5.75 Å². The maximum Gasteiger partial charge on any atom is 0.193 e. The Hall–Kier alpha value is -1.47. The molecule has 0 saturated carbocycles. The Balaban J connectivity index is 0.00000242. The van der Waals surface area contributed by atoms with E-state index in [1.54, 1.807) is 7.11 Å². The van der Waals surface area contributed by atoms with Crippen molar-refractivity contribution >= 4 is 47.2 Å². The number of anilines is 1. The van der Waals surface area contributed by atoms with E-state index in [4.69, 9.17) is 22.1 Å². The molecule has 2 aromatic carbocycles. The number of ether oxygens (including phenoxy) is 1. The maximum atomic E-state index is 6.07. The van der Waals surface area contributed by atoms with E-state index >= 15 is 0 Å². The van der Waals surface area contributed by atoms with Gasteiger partial charge in [-0.25, -0.2) is 4.99 Å². The summed E-state index contributed by atoms with van der Waals surface area (Å²) in [6.45, 7) is 2.49. The summed E-state index contributed by atoms with van der Waals surface area (Å²) in [6, 6.07) is 13.5. The lowest BCUT2D eigenvalue weighted by Crippen LogP contribution is -2.22. The Morgan fingerprint density at radius 2 is 1.91 bits per heavy atom. The van der Waals surface area contributed by atoms with Crippen LogP contribution in [0.2, 0.25) is 5.02 Å². The molecule has 0 radical (unpaired) electrons. The van der Waals surface area contributed by atoms with Gasteiger partial charge in [0.2, 0.25) is 0 Å². The number of nitrogens with zero attached hydrogens (tertiary/aromatic N) is 1. The molecule has 0 atom stereocenters. The Bertz CT molecular complexity index is 644. The zero-order valence-electron chi connectivity index (χ0n) is 12.5. The predicted molar refractivity (Wildman–Crippen MR) is 104 cm³/mol. The van der Waals surface area contributed by atoms with Crippen LogP contribution in [0.3, 0.4) is 0 Å². The van der Waals surface area contributed by atoms with Crippen LogP contribution >= 0.6 is 35.6 Å². The number of halogens is 2. The van der Waals surface area contributed by atoms with Crippen molar-refractivity contribution in [1.82, 2.24) is 0 Å². The zero-order chi connectivity index (χ0) is 15.2. The summed E-state index contributed by atoms with van der Waals surface area (Å²) in [5.41, 5.74) is 8.94. The van der Waals surface area contributed by atoms with Gasteiger partial charge in [-0.05, 0) is 36.8 Å². The number of aryl methyl sites for hydroxylation is 1. The lowest BCUT2D eigenvalue weighted by Gasteiger charge is -2.07. The molecular weight excluding hydrogens is 413 g/mol. The second-order valence-corrected chi connectivity index (χ2v) is 5.07. The number of aliphatic imine (C=N–C) groups is 1. The topological polar surface area (TPSA) is 59.6 Å². The van der Waals surface area contributed by atoms with E-state index in [-0.39, 0.29) is 24.0 Å². The van der Waals surface area contributed by atoms with E-state index in [0.717, 1.165) is 11.3 Å². The molecule has 22 heavy (non-hydrogen) atoms. The highest BCUT2D eigenvalue weighted by Crippen LogP contribution is 2.25. The van der Waals surface area contributed by atoms with Crippen molar-refractivity contribution < 1.29 is 4.74 Å². The summed E-state index contributed by atoms with van der Waals surface area (Å²) in [5, 5.41) is 3.61. The molecule has 0 aliphatic rings. The van der Waals surface area contributed by atoms with Crippen molar-refractivity contribution in [3.05, 3.63) is 58.6 Å². The number of nitrogens with one attached hydrogen (secondary N) is 1. The van der Waals surface area contributed by atoms with Crippen LogP contribution < -0.4 is 15.8 Å². The van der Waals surface area contributed by atoms with Crippen LogP contribution in [0, 0.1) is 6.92 Å². The molecule has 0 aliphatic heterocycles. The number of nitrogens with two attached hydrogens (primary N) is 1. The molecule has 0 aromatic heterocycles. The second-order valence-electron chi connectivity index (χ2n) is 4.66. The SMILES string of the molecule is COc1ccc(CN=C(N)Nc2ccc(C)cc2)cc1Cl.I. The number of benzene rings is 2. The van der Waals surface area contributed by atoms with Crippen molar-refractivity contribution in [2.75, 3.05) is 12.4 Å². The number of methoxy groups -OCH3 is 1. The van der Waals surface area contributed by atoms with Gasteiger partial charge in [0.05, 0.1) is 18.7 Å². The normalized spacial score (nSPS) is 10.8. The average Bonchev–Trinajstić information content (AvgIpc) is 2.48. The highest BCUT2D eigenvalue weighted by molar-refractivity contribution is 14.0. The molecular formula is C16H19ClIN3O. The minimum Gasteiger partial charge on any atom is -0.495 e. The molecule has 0 heterocycles. The average molecular weight is 432 g/mol. The summed E-state index contributed by atoms with van der Waals surface area (Å²) in [7, 11) is 1.59. The maximum absolute atomic E-state index is 6.07. The predicted octanol–water partition coefficient (Wildman–Crippen LogP) is 4.20. The van der Waals surface area contributed by atoms with Crippen molar-refractivity contribution in [1.29, 1.82) is 0 Å². The molecule has 3 N–H and O–H groups in total. The fourth-order valence-electron chi connectivity index (χ4n) is 1.81. The van der Waals surface area contributed by atoms with Gasteiger partial charge in [-0.1, -0.05) is 35.4 Å². The van der Waals surface area contributed by atoms with Gasteiger partial charge in [-0.2, -0.15) is 0 Å². The Labute approximate surface area is 152 Å². The molecule has 6 heteroatoms. The largest absolute Gasteiger partial charge is 0.495 e. The Morgan fingerprint density at radius 1 is 1.23 bits per heavy atom. The van der Waals surface area contributed by atoms with Crippen LogP contribution in [-0.2, 0) is 6.54 Å². The summed E-state index contributed by atoms with van der Waals surface area (Å²) >= 11 is 6.07. The highest BCUT2D eigenvalue weighted by Gasteiger charge is 2.01. The number of rotatable bonds is 4. The third-order valence-corrected chi connectivity index (χ3v) is 3.27. The van der Waals surface area contributed by atoms with E-state index in [0.29, 0.717) is 23.3 Å². The van der Waals surface area contributed by atoms with Gasteiger partial charge in [-0.15, -0.1) is 24.0 Å². The summed E-state index contributed by atoms with van der Waals surface area (Å²) in [6.07, 6.45) is 0. The Kier molecular flexibility index (Phi) is 7.47. The van der Waals surface area contributed by atoms with E-state index in [9.17, 15) is 0 Å². The first-order chi connectivity index (χ1) is 10.1. The van der Waals surface area contributed by atoms with Crippen molar-refractivity contribution in [3.63, 3.8) is 0 Å². The van der Waals surface area contributed by atoms with Crippen LogP contribution in [-0.4, -0.2) is 13.1 Å². The molecule has 0 fully saturated rings. The molecule has 0 saturated heterocycles. The first-order valence-corrected chi connectivity index (χ1v) is 6.92. The molecule has 4 nitrogen and oxygen atoms in total. The molecule has 2 rings (SSSR count). The second kappa shape index (κ2) is 8.85. The quantitative estimate of drug-likeness (QED) is 0.433. The molecule has 0 unspecified atom stereocenters. The molecule has 0 aliphatic carbocycles. The molecule has 0 bridgehead atoms. The van der Waals surface area contributed by atoms with Crippen LogP contribution in [0.5, 0.6) is 5.75 Å². The third kappa shape index (κ3) is 5.38. The monoisotopic (exact) mass is 431 g/mol. The fraction of sp³-hybridized carbons (Fsp3) is 0.188. The smallest absolute Gasteiger partial charge is 0.193 e. The van der Waals surface area contributed by atoms with Crippen LogP contribution in [0.15, 0.2) is 47.5 Å². The van der Waals surface area contributed by atoms with E-state index in [1.807, 2.05) is 49.4 Å².